The van der Waals surface area contributed by atoms with Gasteiger partial charge in [0, 0.05) is 17.2 Å². The molecule has 0 unspecified atom stereocenters. The van der Waals surface area contributed by atoms with E-state index in [0.717, 1.165) is 17.8 Å². The van der Waals surface area contributed by atoms with Gasteiger partial charge >= 0.3 is 0 Å². The molecule has 1 aromatic heterocycles. The highest BCUT2D eigenvalue weighted by molar-refractivity contribution is 5.34. The SMILES string of the molecule is Cc1nn(CCC#N)c(C)c1[C@H]1C=C[C@@H](O)C1. The Kier molecular flexibility index (Phi) is 3.30. The first kappa shape index (κ1) is 11.9. The van der Waals surface area contributed by atoms with Crippen molar-refractivity contribution in [1.29, 1.82) is 5.26 Å². The molecule has 0 radical (unpaired) electrons. The fourth-order valence-electron chi connectivity index (χ4n) is 2.51. The third kappa shape index (κ3) is 2.25. The van der Waals surface area contributed by atoms with Gasteiger partial charge in [0.2, 0.25) is 0 Å². The zero-order valence-electron chi connectivity index (χ0n) is 10.2. The van der Waals surface area contributed by atoms with Crippen LogP contribution in [-0.2, 0) is 6.54 Å². The van der Waals surface area contributed by atoms with Gasteiger partial charge in [-0.3, -0.25) is 4.68 Å². The van der Waals surface area contributed by atoms with Crippen molar-refractivity contribution < 1.29 is 5.11 Å². The molecular weight excluding hydrogens is 214 g/mol. The zero-order valence-corrected chi connectivity index (χ0v) is 10.2. The Labute approximate surface area is 101 Å². The average Bonchev–Trinajstić information content (AvgIpc) is 2.81. The van der Waals surface area contributed by atoms with E-state index in [9.17, 15) is 5.11 Å². The molecule has 90 valence electrons. The molecule has 0 spiro atoms. The van der Waals surface area contributed by atoms with Gasteiger partial charge in [-0.2, -0.15) is 10.4 Å². The Hall–Kier alpha value is -1.60. The van der Waals surface area contributed by atoms with E-state index in [-0.39, 0.29) is 12.0 Å². The average molecular weight is 231 g/mol. The van der Waals surface area contributed by atoms with Crippen LogP contribution in [0.3, 0.4) is 0 Å². The van der Waals surface area contributed by atoms with Crippen LogP contribution in [0.25, 0.3) is 0 Å². The standard InChI is InChI=1S/C13H17N3O/c1-9-13(11-4-5-12(17)8-11)10(2)16(15-9)7-3-6-14/h4-5,11-12,17H,3,7-8H2,1-2H3/t11-,12+/m0/s1. The molecule has 1 aromatic rings. The van der Waals surface area contributed by atoms with Crippen molar-refractivity contribution in [2.45, 2.75) is 45.3 Å². The molecular formula is C13H17N3O. The lowest BCUT2D eigenvalue weighted by Crippen LogP contribution is -2.04. The van der Waals surface area contributed by atoms with E-state index in [2.05, 4.69) is 17.2 Å². The maximum absolute atomic E-state index is 9.53. The summed E-state index contributed by atoms with van der Waals surface area (Å²) in [7, 11) is 0. The minimum Gasteiger partial charge on any atom is -0.389 e. The molecule has 0 aromatic carbocycles. The summed E-state index contributed by atoms with van der Waals surface area (Å²) in [6, 6.07) is 2.13. The number of aliphatic hydroxyl groups excluding tert-OH is 1. The zero-order chi connectivity index (χ0) is 12.4. The molecule has 1 aliphatic carbocycles. The Morgan fingerprint density at radius 2 is 2.29 bits per heavy atom. The van der Waals surface area contributed by atoms with Crippen molar-refractivity contribution in [1.82, 2.24) is 9.78 Å². The highest BCUT2D eigenvalue weighted by Gasteiger charge is 2.24. The Morgan fingerprint density at radius 3 is 2.88 bits per heavy atom. The monoisotopic (exact) mass is 231 g/mol. The number of aliphatic hydroxyl groups is 1. The van der Waals surface area contributed by atoms with Crippen LogP contribution in [0.1, 0.15) is 35.7 Å². The highest BCUT2D eigenvalue weighted by atomic mass is 16.3. The van der Waals surface area contributed by atoms with Gasteiger partial charge in [0.05, 0.1) is 30.8 Å². The van der Waals surface area contributed by atoms with E-state index in [1.807, 2.05) is 24.6 Å². The Bertz CT molecular complexity index is 482. The van der Waals surface area contributed by atoms with Crippen molar-refractivity contribution >= 4 is 0 Å². The van der Waals surface area contributed by atoms with Gasteiger partial charge in [-0.15, -0.1) is 0 Å². The van der Waals surface area contributed by atoms with Crippen LogP contribution in [0.15, 0.2) is 12.2 Å². The molecule has 4 nitrogen and oxygen atoms in total. The quantitative estimate of drug-likeness (QED) is 0.807. The smallest absolute Gasteiger partial charge is 0.0730 e. The molecule has 0 bridgehead atoms. The number of aryl methyl sites for hydroxylation is 2. The summed E-state index contributed by atoms with van der Waals surface area (Å²) >= 11 is 0. The second-order valence-electron chi connectivity index (χ2n) is 4.51. The third-order valence-electron chi connectivity index (χ3n) is 3.30. The molecule has 0 saturated heterocycles. The second kappa shape index (κ2) is 4.72. The number of hydrogen-bond donors (Lipinski definition) is 1. The van der Waals surface area contributed by atoms with E-state index in [4.69, 9.17) is 5.26 Å². The van der Waals surface area contributed by atoms with Crippen LogP contribution in [-0.4, -0.2) is 21.0 Å². The lowest BCUT2D eigenvalue weighted by molar-refractivity contribution is 0.218. The molecule has 4 heteroatoms. The normalized spacial score (nSPS) is 22.9. The van der Waals surface area contributed by atoms with Crippen LogP contribution in [0.2, 0.25) is 0 Å². The molecule has 2 rings (SSSR count). The lowest BCUT2D eigenvalue weighted by Gasteiger charge is -2.10. The first-order valence-corrected chi connectivity index (χ1v) is 5.90. The van der Waals surface area contributed by atoms with Crippen molar-refractivity contribution in [3.05, 3.63) is 29.1 Å². The van der Waals surface area contributed by atoms with E-state index >= 15 is 0 Å². The molecule has 0 saturated carbocycles. The number of rotatable bonds is 3. The summed E-state index contributed by atoms with van der Waals surface area (Å²) in [4.78, 5) is 0. The van der Waals surface area contributed by atoms with Crippen LogP contribution in [0.4, 0.5) is 0 Å². The van der Waals surface area contributed by atoms with Crippen LogP contribution in [0, 0.1) is 25.2 Å². The molecule has 0 fully saturated rings. The molecule has 1 heterocycles. The van der Waals surface area contributed by atoms with Gasteiger partial charge < -0.3 is 5.11 Å². The summed E-state index contributed by atoms with van der Waals surface area (Å²) in [5.41, 5.74) is 3.32. The summed E-state index contributed by atoms with van der Waals surface area (Å²) in [6.07, 6.45) is 4.78. The second-order valence-corrected chi connectivity index (χ2v) is 4.51. The Balaban J connectivity index is 2.26. The summed E-state index contributed by atoms with van der Waals surface area (Å²) in [5, 5.41) is 22.6. The topological polar surface area (TPSA) is 61.8 Å². The van der Waals surface area contributed by atoms with Gasteiger partial charge in [-0.05, 0) is 20.3 Å². The van der Waals surface area contributed by atoms with Gasteiger partial charge in [0.15, 0.2) is 0 Å². The number of nitrogens with zero attached hydrogens (tertiary/aromatic N) is 3. The molecule has 1 aliphatic rings. The first-order chi connectivity index (χ1) is 8.13. The molecule has 0 amide bonds. The van der Waals surface area contributed by atoms with Crippen molar-refractivity contribution in [3.63, 3.8) is 0 Å². The van der Waals surface area contributed by atoms with Crippen LogP contribution < -0.4 is 0 Å². The molecule has 2 atom stereocenters. The highest BCUT2D eigenvalue weighted by Crippen LogP contribution is 2.32. The fraction of sp³-hybridized carbons (Fsp3) is 0.538. The van der Waals surface area contributed by atoms with E-state index in [1.165, 1.54) is 5.56 Å². The van der Waals surface area contributed by atoms with E-state index < -0.39 is 0 Å². The largest absolute Gasteiger partial charge is 0.389 e. The fourth-order valence-corrected chi connectivity index (χ4v) is 2.51. The van der Waals surface area contributed by atoms with Gasteiger partial charge in [0.25, 0.3) is 0 Å². The van der Waals surface area contributed by atoms with Gasteiger partial charge in [-0.25, -0.2) is 0 Å². The van der Waals surface area contributed by atoms with Crippen LogP contribution in [0.5, 0.6) is 0 Å². The first-order valence-electron chi connectivity index (χ1n) is 5.90. The number of hydrogen-bond acceptors (Lipinski definition) is 3. The molecule has 17 heavy (non-hydrogen) atoms. The number of allylic oxidation sites excluding steroid dienone is 1. The van der Waals surface area contributed by atoms with E-state index in [1.54, 1.807) is 0 Å². The molecule has 0 aliphatic heterocycles. The summed E-state index contributed by atoms with van der Waals surface area (Å²) < 4.78 is 1.90. The van der Waals surface area contributed by atoms with E-state index in [0.29, 0.717) is 13.0 Å². The number of nitriles is 1. The lowest BCUT2D eigenvalue weighted by atomic mass is 9.96. The van der Waals surface area contributed by atoms with Crippen LogP contribution >= 0.6 is 0 Å². The Morgan fingerprint density at radius 1 is 1.53 bits per heavy atom. The summed E-state index contributed by atoms with van der Waals surface area (Å²) in [5.74, 6) is 0.265. The summed E-state index contributed by atoms with van der Waals surface area (Å²) in [6.45, 7) is 4.66. The minimum atomic E-state index is -0.332. The molecule has 1 N–H and O–H groups in total. The number of aromatic nitrogens is 2. The van der Waals surface area contributed by atoms with Gasteiger partial charge in [0.1, 0.15) is 0 Å². The maximum atomic E-state index is 9.53. The maximum Gasteiger partial charge on any atom is 0.0730 e. The van der Waals surface area contributed by atoms with Gasteiger partial charge in [-0.1, -0.05) is 12.2 Å². The predicted octanol–water partition coefficient (Wildman–Crippen LogP) is 1.82. The minimum absolute atomic E-state index is 0.265. The predicted molar refractivity (Wildman–Crippen MR) is 64.4 cm³/mol. The van der Waals surface area contributed by atoms with Crippen molar-refractivity contribution in [3.8, 4) is 6.07 Å². The van der Waals surface area contributed by atoms with Crippen molar-refractivity contribution in [2.24, 2.45) is 0 Å². The third-order valence-corrected chi connectivity index (χ3v) is 3.30. The van der Waals surface area contributed by atoms with Crippen molar-refractivity contribution in [2.75, 3.05) is 0 Å².